The van der Waals surface area contributed by atoms with Crippen LogP contribution in [0.15, 0.2) is 58.4 Å². The molecule has 1 atom stereocenters. The van der Waals surface area contributed by atoms with Gasteiger partial charge < -0.3 is 15.4 Å². The molecule has 196 valence electrons. The summed E-state index contributed by atoms with van der Waals surface area (Å²) in [7, 11) is -2.71. The summed E-state index contributed by atoms with van der Waals surface area (Å²) in [5.41, 5.74) is 7.86. The Balaban J connectivity index is 1.40. The number of nitrogens with one attached hydrogen (secondary N) is 2. The Kier molecular flexibility index (Phi) is 7.58. The standard InChI is InChI=1S/C26H31N5O5S/c1-17-4-3-5-20(14-17)37(34,35)30-22(24(32)36-2)16-31-12-10-26(11-13-31)15-21(29-25(26)33)18-6-8-19(9-7-18)23(27)28/h3-9,14,22,30H,10-13,15-16H2,1-2H3,(H3,27,28). The molecule has 0 radical (unpaired) electrons. The number of nitrogens with zero attached hydrogens (tertiary/aromatic N) is 2. The van der Waals surface area contributed by atoms with Crippen LogP contribution in [0.3, 0.4) is 0 Å². The smallest absolute Gasteiger partial charge is 0.325 e. The van der Waals surface area contributed by atoms with Crippen LogP contribution in [0.1, 0.15) is 36.0 Å². The van der Waals surface area contributed by atoms with Crippen molar-refractivity contribution in [1.82, 2.24) is 9.62 Å². The summed E-state index contributed by atoms with van der Waals surface area (Å²) < 4.78 is 33.2. The number of carbonyl (C=O) groups is 2. The SMILES string of the molecule is COC(=O)C(CN1CCC2(CC1)CC(c1ccc(C(=N)N)cc1)=NC2=O)NS(=O)(=O)c1cccc(C)c1. The fraction of sp³-hybridized carbons (Fsp3) is 0.385. The largest absolute Gasteiger partial charge is 0.468 e. The minimum atomic E-state index is -3.94. The fourth-order valence-corrected chi connectivity index (χ4v) is 6.12. The van der Waals surface area contributed by atoms with Gasteiger partial charge >= 0.3 is 5.97 Å². The molecule has 10 nitrogen and oxygen atoms in total. The highest BCUT2D eigenvalue weighted by Gasteiger charge is 2.46. The van der Waals surface area contributed by atoms with E-state index < -0.39 is 27.4 Å². The average Bonchev–Trinajstić information content (AvgIpc) is 3.19. The number of hydrogen-bond donors (Lipinski definition) is 3. The zero-order chi connectivity index (χ0) is 26.8. The number of hydrogen-bond acceptors (Lipinski definition) is 7. The Morgan fingerprint density at radius 3 is 2.49 bits per heavy atom. The monoisotopic (exact) mass is 525 g/mol. The fourth-order valence-electron chi connectivity index (χ4n) is 4.84. The van der Waals surface area contributed by atoms with Crippen LogP contribution in [-0.2, 0) is 24.3 Å². The Morgan fingerprint density at radius 2 is 1.89 bits per heavy atom. The Labute approximate surface area is 216 Å². The van der Waals surface area contributed by atoms with Crippen LogP contribution in [0.5, 0.6) is 0 Å². The van der Waals surface area contributed by atoms with Gasteiger partial charge in [0.25, 0.3) is 5.91 Å². The maximum atomic E-state index is 12.9. The van der Waals surface area contributed by atoms with E-state index in [-0.39, 0.29) is 23.2 Å². The van der Waals surface area contributed by atoms with Gasteiger partial charge in [0.2, 0.25) is 10.0 Å². The maximum absolute atomic E-state index is 12.9. The zero-order valence-electron chi connectivity index (χ0n) is 20.9. The molecule has 2 aliphatic heterocycles. The molecule has 2 aliphatic rings. The van der Waals surface area contributed by atoms with Crippen LogP contribution in [0.4, 0.5) is 0 Å². The number of esters is 1. The van der Waals surface area contributed by atoms with Gasteiger partial charge in [0.05, 0.1) is 23.1 Å². The number of amidine groups is 1. The number of rotatable bonds is 8. The van der Waals surface area contributed by atoms with E-state index in [1.54, 1.807) is 31.2 Å². The highest BCUT2D eigenvalue weighted by molar-refractivity contribution is 7.89. The third-order valence-electron chi connectivity index (χ3n) is 7.06. The van der Waals surface area contributed by atoms with Crippen LogP contribution in [0.25, 0.3) is 0 Å². The van der Waals surface area contributed by atoms with Crippen molar-refractivity contribution in [3.63, 3.8) is 0 Å². The molecular weight excluding hydrogens is 494 g/mol. The van der Waals surface area contributed by atoms with Crippen molar-refractivity contribution >= 4 is 33.4 Å². The van der Waals surface area contributed by atoms with Crippen molar-refractivity contribution in [2.24, 2.45) is 16.1 Å². The van der Waals surface area contributed by atoms with E-state index in [0.717, 1.165) is 11.1 Å². The number of likely N-dealkylation sites (tertiary alicyclic amines) is 1. The molecule has 0 aromatic heterocycles. The van der Waals surface area contributed by atoms with Crippen molar-refractivity contribution in [1.29, 1.82) is 5.41 Å². The van der Waals surface area contributed by atoms with Gasteiger partial charge in [0.1, 0.15) is 11.9 Å². The summed E-state index contributed by atoms with van der Waals surface area (Å²) >= 11 is 0. The molecule has 2 aromatic rings. The summed E-state index contributed by atoms with van der Waals surface area (Å²) in [6, 6.07) is 12.5. The van der Waals surface area contributed by atoms with Gasteiger partial charge in [0.15, 0.2) is 0 Å². The lowest BCUT2D eigenvalue weighted by atomic mass is 9.75. The van der Waals surface area contributed by atoms with Crippen LogP contribution < -0.4 is 10.5 Å². The zero-order valence-corrected chi connectivity index (χ0v) is 21.7. The second kappa shape index (κ2) is 10.5. The molecule has 0 aliphatic carbocycles. The molecule has 11 heteroatoms. The van der Waals surface area contributed by atoms with Gasteiger partial charge in [-0.15, -0.1) is 0 Å². The van der Waals surface area contributed by atoms with E-state index in [9.17, 15) is 18.0 Å². The molecule has 1 unspecified atom stereocenters. The molecule has 4 rings (SSSR count). The summed E-state index contributed by atoms with van der Waals surface area (Å²) in [6.45, 7) is 2.94. The van der Waals surface area contributed by atoms with E-state index >= 15 is 0 Å². The number of nitrogens with two attached hydrogens (primary N) is 1. The number of amides is 1. The van der Waals surface area contributed by atoms with E-state index in [1.807, 2.05) is 17.0 Å². The van der Waals surface area contributed by atoms with Crippen molar-refractivity contribution in [3.8, 4) is 0 Å². The molecule has 1 fully saturated rings. The van der Waals surface area contributed by atoms with Crippen molar-refractivity contribution < 1.29 is 22.7 Å². The first-order valence-corrected chi connectivity index (χ1v) is 13.5. The highest BCUT2D eigenvalue weighted by atomic mass is 32.2. The second-order valence-electron chi connectivity index (χ2n) is 9.63. The summed E-state index contributed by atoms with van der Waals surface area (Å²) in [5.74, 6) is -0.846. The molecule has 1 amide bonds. The molecule has 1 saturated heterocycles. The van der Waals surface area contributed by atoms with E-state index in [1.165, 1.54) is 19.2 Å². The number of aryl methyl sites for hydroxylation is 1. The molecule has 37 heavy (non-hydrogen) atoms. The summed E-state index contributed by atoms with van der Waals surface area (Å²) in [4.78, 5) is 31.8. The van der Waals surface area contributed by atoms with Crippen molar-refractivity contribution in [3.05, 3.63) is 65.2 Å². The van der Waals surface area contributed by atoms with Gasteiger partial charge in [-0.2, -0.15) is 4.72 Å². The molecule has 2 aromatic carbocycles. The third kappa shape index (κ3) is 5.79. The highest BCUT2D eigenvalue weighted by Crippen LogP contribution is 2.41. The number of aliphatic imine (C=N–C) groups is 1. The minimum Gasteiger partial charge on any atom is -0.468 e. The molecule has 2 heterocycles. The van der Waals surface area contributed by atoms with Gasteiger partial charge in [-0.1, -0.05) is 36.4 Å². The van der Waals surface area contributed by atoms with Crippen LogP contribution in [0.2, 0.25) is 0 Å². The summed E-state index contributed by atoms with van der Waals surface area (Å²) in [6.07, 6.45) is 1.60. The first kappa shape index (κ1) is 26.6. The average molecular weight is 526 g/mol. The first-order chi connectivity index (χ1) is 17.5. The van der Waals surface area contributed by atoms with Crippen molar-refractivity contribution in [2.75, 3.05) is 26.7 Å². The van der Waals surface area contributed by atoms with Gasteiger partial charge in [-0.05, 0) is 56.1 Å². The predicted molar refractivity (Wildman–Crippen MR) is 139 cm³/mol. The maximum Gasteiger partial charge on any atom is 0.325 e. The van der Waals surface area contributed by atoms with Gasteiger partial charge in [0, 0.05) is 18.5 Å². The topological polar surface area (TPSA) is 155 Å². The minimum absolute atomic E-state index is 0.0220. The summed E-state index contributed by atoms with van der Waals surface area (Å²) in [5, 5.41) is 7.53. The number of methoxy groups -OCH3 is 1. The van der Waals surface area contributed by atoms with Crippen LogP contribution in [0, 0.1) is 17.7 Å². The third-order valence-corrected chi connectivity index (χ3v) is 8.53. The first-order valence-electron chi connectivity index (χ1n) is 12.0. The van der Waals surface area contributed by atoms with E-state index in [0.29, 0.717) is 43.6 Å². The lowest BCUT2D eigenvalue weighted by Gasteiger charge is -2.38. The molecule has 1 spiro atoms. The Hall–Kier alpha value is -3.41. The van der Waals surface area contributed by atoms with Gasteiger partial charge in [-0.25, -0.2) is 13.4 Å². The van der Waals surface area contributed by atoms with Gasteiger partial charge in [-0.3, -0.25) is 15.0 Å². The number of sulfonamides is 1. The molecule has 4 N–H and O–H groups in total. The van der Waals surface area contributed by atoms with Crippen molar-refractivity contribution in [2.45, 2.75) is 37.1 Å². The molecule has 0 saturated carbocycles. The normalized spacial score (nSPS) is 18.4. The second-order valence-corrected chi connectivity index (χ2v) is 11.3. The van der Waals surface area contributed by atoms with Crippen LogP contribution in [-0.4, -0.2) is 69.5 Å². The number of carbonyl (C=O) groups excluding carboxylic acids is 2. The predicted octanol–water partition coefficient (Wildman–Crippen LogP) is 1.60. The quantitative estimate of drug-likeness (QED) is 0.269. The number of benzene rings is 2. The Morgan fingerprint density at radius 1 is 1.22 bits per heavy atom. The Bertz CT molecular complexity index is 1350. The lowest BCUT2D eigenvalue weighted by molar-refractivity contribution is -0.143. The number of piperidine rings is 1. The molecular formula is C26H31N5O5S. The lowest BCUT2D eigenvalue weighted by Crippen LogP contribution is -2.52. The molecule has 0 bridgehead atoms. The van der Waals surface area contributed by atoms with E-state index in [4.69, 9.17) is 15.9 Å². The van der Waals surface area contributed by atoms with Crippen LogP contribution >= 0.6 is 0 Å². The van der Waals surface area contributed by atoms with E-state index in [2.05, 4.69) is 9.71 Å². The number of nitrogen functional groups attached to an aromatic ring is 1. The number of ether oxygens (including phenoxy) is 1.